The van der Waals surface area contributed by atoms with Crippen LogP contribution in [-0.4, -0.2) is 19.4 Å². The Hall–Kier alpha value is -1.68. The van der Waals surface area contributed by atoms with Gasteiger partial charge in [0.1, 0.15) is 11.8 Å². The summed E-state index contributed by atoms with van der Waals surface area (Å²) in [5, 5.41) is 0. The summed E-state index contributed by atoms with van der Waals surface area (Å²) in [6.45, 7) is 0. The molecular weight excluding hydrogens is 206 g/mol. The van der Waals surface area contributed by atoms with Gasteiger partial charge in [-0.15, -0.1) is 0 Å². The van der Waals surface area contributed by atoms with Gasteiger partial charge in [0.05, 0.1) is 7.11 Å². The summed E-state index contributed by atoms with van der Waals surface area (Å²) in [6, 6.07) is 8.92. The quantitative estimate of drug-likeness (QED) is 0.594. The van der Waals surface area contributed by atoms with Gasteiger partial charge in [0, 0.05) is 6.42 Å². The highest BCUT2D eigenvalue weighted by atomic mass is 16.5. The van der Waals surface area contributed by atoms with Crippen molar-refractivity contribution in [2.75, 3.05) is 7.11 Å². The van der Waals surface area contributed by atoms with Crippen LogP contribution in [0.2, 0.25) is 0 Å². The van der Waals surface area contributed by atoms with E-state index in [1.165, 1.54) is 7.11 Å². The van der Waals surface area contributed by atoms with E-state index in [0.717, 1.165) is 6.29 Å². The number of benzene rings is 1. The van der Waals surface area contributed by atoms with Crippen molar-refractivity contribution in [1.82, 2.24) is 0 Å². The van der Waals surface area contributed by atoms with Crippen LogP contribution in [0.4, 0.5) is 0 Å². The summed E-state index contributed by atoms with van der Waals surface area (Å²) in [6.07, 6.45) is 1.21. The van der Waals surface area contributed by atoms with E-state index in [1.807, 2.05) is 6.07 Å². The molecule has 0 heterocycles. The molecule has 1 rings (SSSR count). The molecule has 4 nitrogen and oxygen atoms in total. The molecule has 0 aromatic heterocycles. The lowest BCUT2D eigenvalue weighted by molar-refractivity contribution is -0.147. The summed E-state index contributed by atoms with van der Waals surface area (Å²) in [5.41, 5.74) is 5.44. The number of nitrogens with two attached hydrogens (primary N) is 1. The topological polar surface area (TPSA) is 69.4 Å². The Labute approximate surface area is 94.4 Å². The van der Waals surface area contributed by atoms with E-state index in [0.29, 0.717) is 5.56 Å². The lowest BCUT2D eigenvalue weighted by Gasteiger charge is -2.26. The van der Waals surface area contributed by atoms with Crippen molar-refractivity contribution in [1.29, 1.82) is 0 Å². The molecule has 0 aliphatic carbocycles. The Bertz CT molecular complexity index is 364. The molecule has 86 valence electrons. The maximum Gasteiger partial charge on any atom is 0.330 e. The second-order valence-electron chi connectivity index (χ2n) is 3.53. The minimum Gasteiger partial charge on any atom is -0.467 e. The third-order valence-electron chi connectivity index (χ3n) is 2.50. The molecule has 0 bridgehead atoms. The number of aldehydes is 1. The first-order valence-corrected chi connectivity index (χ1v) is 5.01. The fraction of sp³-hybridized carbons (Fsp3) is 0.333. The number of esters is 1. The number of hydrogen-bond donors (Lipinski definition) is 1. The summed E-state index contributed by atoms with van der Waals surface area (Å²) in [5.74, 6) is -0.527. The van der Waals surface area contributed by atoms with Gasteiger partial charge in [0.25, 0.3) is 0 Å². The Morgan fingerprint density at radius 3 is 2.56 bits per heavy atom. The van der Waals surface area contributed by atoms with E-state index >= 15 is 0 Å². The van der Waals surface area contributed by atoms with Crippen LogP contribution in [0.3, 0.4) is 0 Å². The number of ether oxygens (including phenoxy) is 1. The van der Waals surface area contributed by atoms with E-state index < -0.39 is 11.5 Å². The second-order valence-corrected chi connectivity index (χ2v) is 3.53. The molecular formula is C12H15NO3. The lowest BCUT2D eigenvalue weighted by Crippen LogP contribution is -2.45. The zero-order valence-electron chi connectivity index (χ0n) is 9.18. The fourth-order valence-corrected chi connectivity index (χ4v) is 1.57. The molecule has 1 unspecified atom stereocenters. The van der Waals surface area contributed by atoms with E-state index in [1.54, 1.807) is 24.3 Å². The minimum atomic E-state index is -1.24. The van der Waals surface area contributed by atoms with Crippen LogP contribution in [0.25, 0.3) is 0 Å². The van der Waals surface area contributed by atoms with E-state index in [2.05, 4.69) is 4.74 Å². The number of carbonyl (C=O) groups is 2. The van der Waals surface area contributed by atoms with Crippen molar-refractivity contribution >= 4 is 12.3 Å². The van der Waals surface area contributed by atoms with Gasteiger partial charge in [0.15, 0.2) is 0 Å². The van der Waals surface area contributed by atoms with Crippen molar-refractivity contribution in [3.63, 3.8) is 0 Å². The average Bonchev–Trinajstić information content (AvgIpc) is 2.36. The monoisotopic (exact) mass is 221 g/mol. The molecule has 0 saturated heterocycles. The smallest absolute Gasteiger partial charge is 0.330 e. The highest BCUT2D eigenvalue weighted by molar-refractivity contribution is 5.82. The standard InChI is InChI=1S/C12H15NO3/c1-16-11(15)12(13,8-5-9-14)10-6-3-2-4-7-10/h2-4,6-7,9H,5,8,13H2,1H3. The Kier molecular flexibility index (Phi) is 4.19. The molecule has 2 N–H and O–H groups in total. The van der Waals surface area contributed by atoms with Crippen LogP contribution in [0.5, 0.6) is 0 Å². The highest BCUT2D eigenvalue weighted by Gasteiger charge is 2.36. The molecule has 1 aromatic carbocycles. The van der Waals surface area contributed by atoms with Crippen molar-refractivity contribution in [3.05, 3.63) is 35.9 Å². The van der Waals surface area contributed by atoms with Crippen LogP contribution in [0.1, 0.15) is 18.4 Å². The largest absolute Gasteiger partial charge is 0.467 e. The molecule has 16 heavy (non-hydrogen) atoms. The summed E-state index contributed by atoms with van der Waals surface area (Å²) < 4.78 is 4.69. The van der Waals surface area contributed by atoms with Gasteiger partial charge in [-0.25, -0.2) is 4.79 Å². The Morgan fingerprint density at radius 1 is 1.44 bits per heavy atom. The van der Waals surface area contributed by atoms with Crippen LogP contribution in [0.15, 0.2) is 30.3 Å². The van der Waals surface area contributed by atoms with E-state index in [-0.39, 0.29) is 12.8 Å². The number of methoxy groups -OCH3 is 1. The SMILES string of the molecule is COC(=O)C(N)(CCC=O)c1ccccc1. The van der Waals surface area contributed by atoms with Gasteiger partial charge in [-0.05, 0) is 12.0 Å². The molecule has 0 saturated carbocycles. The van der Waals surface area contributed by atoms with Crippen LogP contribution in [0, 0.1) is 0 Å². The maximum atomic E-state index is 11.7. The van der Waals surface area contributed by atoms with Crippen molar-refractivity contribution in [2.45, 2.75) is 18.4 Å². The molecule has 0 amide bonds. The lowest BCUT2D eigenvalue weighted by atomic mass is 9.86. The van der Waals surface area contributed by atoms with Gasteiger partial charge >= 0.3 is 5.97 Å². The summed E-state index contributed by atoms with van der Waals surface area (Å²) >= 11 is 0. The molecule has 0 radical (unpaired) electrons. The molecule has 0 spiro atoms. The molecule has 1 atom stereocenters. The summed E-state index contributed by atoms with van der Waals surface area (Å²) in [4.78, 5) is 22.1. The third kappa shape index (κ3) is 2.46. The molecule has 0 aliphatic rings. The maximum absolute atomic E-state index is 11.7. The van der Waals surface area contributed by atoms with E-state index in [4.69, 9.17) is 5.73 Å². The first-order valence-electron chi connectivity index (χ1n) is 5.01. The van der Waals surface area contributed by atoms with Crippen molar-refractivity contribution < 1.29 is 14.3 Å². The Balaban J connectivity index is 3.04. The van der Waals surface area contributed by atoms with Crippen molar-refractivity contribution in [2.24, 2.45) is 5.73 Å². The van der Waals surface area contributed by atoms with Crippen molar-refractivity contribution in [3.8, 4) is 0 Å². The van der Waals surface area contributed by atoms with E-state index in [9.17, 15) is 9.59 Å². The molecule has 0 aliphatic heterocycles. The first-order chi connectivity index (χ1) is 7.65. The predicted molar refractivity (Wildman–Crippen MR) is 59.6 cm³/mol. The first kappa shape index (κ1) is 12.4. The zero-order chi connectivity index (χ0) is 12.0. The summed E-state index contributed by atoms with van der Waals surface area (Å²) in [7, 11) is 1.29. The Morgan fingerprint density at radius 2 is 2.06 bits per heavy atom. The normalized spacial score (nSPS) is 13.9. The molecule has 1 aromatic rings. The zero-order valence-corrected chi connectivity index (χ0v) is 9.18. The number of rotatable bonds is 5. The van der Waals surface area contributed by atoms with Crippen LogP contribution < -0.4 is 5.73 Å². The van der Waals surface area contributed by atoms with Crippen LogP contribution in [-0.2, 0) is 19.9 Å². The van der Waals surface area contributed by atoms with Gasteiger partial charge < -0.3 is 15.3 Å². The van der Waals surface area contributed by atoms with Gasteiger partial charge in [-0.2, -0.15) is 0 Å². The van der Waals surface area contributed by atoms with Crippen LogP contribution >= 0.6 is 0 Å². The van der Waals surface area contributed by atoms with Gasteiger partial charge in [-0.1, -0.05) is 30.3 Å². The van der Waals surface area contributed by atoms with Gasteiger partial charge in [-0.3, -0.25) is 0 Å². The fourth-order valence-electron chi connectivity index (χ4n) is 1.57. The second kappa shape index (κ2) is 5.42. The molecule has 0 fully saturated rings. The van der Waals surface area contributed by atoms with Gasteiger partial charge in [0.2, 0.25) is 0 Å². The number of carbonyl (C=O) groups excluding carboxylic acids is 2. The number of hydrogen-bond acceptors (Lipinski definition) is 4. The molecule has 4 heteroatoms. The minimum absolute atomic E-state index is 0.223. The third-order valence-corrected chi connectivity index (χ3v) is 2.50. The average molecular weight is 221 g/mol. The predicted octanol–water partition coefficient (Wildman–Crippen LogP) is 0.993. The highest BCUT2D eigenvalue weighted by Crippen LogP contribution is 2.24.